The number of rotatable bonds is 4. The summed E-state index contributed by atoms with van der Waals surface area (Å²) in [6.45, 7) is -1.10. The minimum absolute atomic E-state index is 0.468. The van der Waals surface area contributed by atoms with E-state index in [0.29, 0.717) is 0 Å². The average Bonchev–Trinajstić information content (AvgIpc) is 2.54. The fourth-order valence-corrected chi connectivity index (χ4v) is 2.46. The normalized spacial score (nSPS) is 51.7. The zero-order valence-corrected chi connectivity index (χ0v) is 12.0. The van der Waals surface area contributed by atoms with Crippen molar-refractivity contribution in [1.82, 2.24) is 0 Å². The highest BCUT2D eigenvalue weighted by Crippen LogP contribution is 2.24. The van der Waals surface area contributed by atoms with Gasteiger partial charge in [-0.25, -0.2) is 0 Å². The van der Waals surface area contributed by atoms with Gasteiger partial charge in [0.1, 0.15) is 48.8 Å². The van der Waals surface area contributed by atoms with Crippen molar-refractivity contribution in [2.24, 2.45) is 0 Å². The van der Waals surface area contributed by atoms with Crippen molar-refractivity contribution in [2.45, 2.75) is 61.4 Å². The van der Waals surface area contributed by atoms with Crippen LogP contribution in [0.15, 0.2) is 0 Å². The standard InChI is InChI=1S/C12H22O11/c13-1-3-5(14)8(17)10(19)12(23-3)21-2-4-6(15)7(16)9(18)11(20)22-4/h3-20H,1-2H2/t3-,4-,5+,6-,7+,8+,9-,10-,11+,12+/m1/s1. The van der Waals surface area contributed by atoms with Crippen LogP contribution in [0, 0.1) is 0 Å². The first-order valence-electron chi connectivity index (χ1n) is 7.07. The van der Waals surface area contributed by atoms with Gasteiger partial charge in [-0.15, -0.1) is 0 Å². The van der Waals surface area contributed by atoms with E-state index in [0.717, 1.165) is 0 Å². The van der Waals surface area contributed by atoms with Gasteiger partial charge in [0.15, 0.2) is 12.6 Å². The fraction of sp³-hybridized carbons (Fsp3) is 1.00. The number of aliphatic hydroxyl groups excluding tert-OH is 8. The molecule has 0 saturated carbocycles. The van der Waals surface area contributed by atoms with E-state index in [1.165, 1.54) is 0 Å². The molecule has 2 heterocycles. The highest BCUT2D eigenvalue weighted by atomic mass is 16.7. The predicted molar refractivity (Wildman–Crippen MR) is 68.6 cm³/mol. The lowest BCUT2D eigenvalue weighted by Crippen LogP contribution is -2.61. The third-order valence-corrected chi connectivity index (χ3v) is 3.96. The van der Waals surface area contributed by atoms with Gasteiger partial charge in [0.25, 0.3) is 0 Å². The molecule has 0 bridgehead atoms. The van der Waals surface area contributed by atoms with Crippen LogP contribution in [0.1, 0.15) is 0 Å². The Balaban J connectivity index is 1.94. The van der Waals surface area contributed by atoms with E-state index in [2.05, 4.69) is 0 Å². The number of aliphatic hydroxyl groups is 8. The van der Waals surface area contributed by atoms with E-state index in [9.17, 15) is 35.7 Å². The Morgan fingerprint density at radius 3 is 1.83 bits per heavy atom. The lowest BCUT2D eigenvalue weighted by atomic mass is 9.98. The van der Waals surface area contributed by atoms with Crippen molar-refractivity contribution in [1.29, 1.82) is 0 Å². The summed E-state index contributed by atoms with van der Waals surface area (Å²) >= 11 is 0. The van der Waals surface area contributed by atoms with Gasteiger partial charge >= 0.3 is 0 Å². The molecule has 10 atom stereocenters. The Hall–Kier alpha value is -0.440. The summed E-state index contributed by atoms with van der Waals surface area (Å²) in [6.07, 6.45) is -15.3. The highest BCUT2D eigenvalue weighted by molar-refractivity contribution is 4.91. The monoisotopic (exact) mass is 342 g/mol. The van der Waals surface area contributed by atoms with Crippen LogP contribution >= 0.6 is 0 Å². The van der Waals surface area contributed by atoms with Crippen LogP contribution in [-0.2, 0) is 14.2 Å². The molecule has 2 fully saturated rings. The quantitative estimate of drug-likeness (QED) is 0.243. The first kappa shape index (κ1) is 18.9. The smallest absolute Gasteiger partial charge is 0.186 e. The summed E-state index contributed by atoms with van der Waals surface area (Å²) in [5.74, 6) is 0. The molecule has 0 aliphatic carbocycles. The van der Waals surface area contributed by atoms with Crippen LogP contribution in [-0.4, -0.2) is 115 Å². The lowest BCUT2D eigenvalue weighted by Gasteiger charge is -2.41. The van der Waals surface area contributed by atoms with Crippen molar-refractivity contribution in [3.05, 3.63) is 0 Å². The molecule has 0 aromatic heterocycles. The molecule has 11 nitrogen and oxygen atoms in total. The van der Waals surface area contributed by atoms with Gasteiger partial charge in [0.05, 0.1) is 13.2 Å². The molecule has 2 rings (SSSR count). The van der Waals surface area contributed by atoms with Crippen molar-refractivity contribution in [2.75, 3.05) is 13.2 Å². The van der Waals surface area contributed by atoms with Crippen LogP contribution in [0.5, 0.6) is 0 Å². The van der Waals surface area contributed by atoms with Crippen LogP contribution in [0.3, 0.4) is 0 Å². The minimum atomic E-state index is -1.74. The zero-order chi connectivity index (χ0) is 17.3. The summed E-state index contributed by atoms with van der Waals surface area (Å²) in [7, 11) is 0. The maximum absolute atomic E-state index is 9.78. The predicted octanol–water partition coefficient (Wildman–Crippen LogP) is -5.40. The molecule has 8 N–H and O–H groups in total. The molecule has 11 heteroatoms. The van der Waals surface area contributed by atoms with Gasteiger partial charge in [-0.05, 0) is 0 Å². The molecule has 0 aromatic carbocycles. The molecule has 2 saturated heterocycles. The second kappa shape index (κ2) is 7.63. The zero-order valence-electron chi connectivity index (χ0n) is 12.0. The minimum Gasteiger partial charge on any atom is -0.394 e. The number of hydrogen-bond acceptors (Lipinski definition) is 11. The molecule has 2 aliphatic heterocycles. The fourth-order valence-electron chi connectivity index (χ4n) is 2.46. The first-order chi connectivity index (χ1) is 10.8. The van der Waals surface area contributed by atoms with Gasteiger partial charge in [0.2, 0.25) is 0 Å². The summed E-state index contributed by atoms with van der Waals surface area (Å²) in [4.78, 5) is 0. The molecule has 0 amide bonds. The Kier molecular flexibility index (Phi) is 6.27. The second-order valence-electron chi connectivity index (χ2n) is 5.57. The maximum Gasteiger partial charge on any atom is 0.186 e. The molecular formula is C12H22O11. The highest BCUT2D eigenvalue weighted by Gasteiger charge is 2.46. The summed E-state index contributed by atoms with van der Waals surface area (Å²) < 4.78 is 15.1. The summed E-state index contributed by atoms with van der Waals surface area (Å²) in [5, 5.41) is 76.1. The summed E-state index contributed by atoms with van der Waals surface area (Å²) in [6, 6.07) is 0. The van der Waals surface area contributed by atoms with Crippen LogP contribution in [0.2, 0.25) is 0 Å². The van der Waals surface area contributed by atoms with E-state index < -0.39 is 74.6 Å². The van der Waals surface area contributed by atoms with Crippen LogP contribution in [0.4, 0.5) is 0 Å². The lowest BCUT2D eigenvalue weighted by molar-refractivity contribution is -0.325. The third-order valence-electron chi connectivity index (χ3n) is 3.96. The van der Waals surface area contributed by atoms with Crippen molar-refractivity contribution < 1.29 is 55.1 Å². The average molecular weight is 342 g/mol. The molecule has 0 radical (unpaired) electrons. The largest absolute Gasteiger partial charge is 0.394 e. The molecule has 0 unspecified atom stereocenters. The second-order valence-corrected chi connectivity index (χ2v) is 5.57. The SMILES string of the molecule is OC[C@H]1O[C@H](OC[C@H]2O[C@H](O)[C@H](O)[C@@H](O)[C@@H]2O)[C@H](O)[C@@H](O)[C@H]1O. The number of hydrogen-bond donors (Lipinski definition) is 8. The van der Waals surface area contributed by atoms with Crippen molar-refractivity contribution >= 4 is 0 Å². The van der Waals surface area contributed by atoms with Crippen molar-refractivity contribution in [3.63, 3.8) is 0 Å². The van der Waals surface area contributed by atoms with E-state index in [-0.39, 0.29) is 0 Å². The molecule has 0 spiro atoms. The van der Waals surface area contributed by atoms with Gasteiger partial charge < -0.3 is 55.1 Å². The summed E-state index contributed by atoms with van der Waals surface area (Å²) in [5.41, 5.74) is 0. The van der Waals surface area contributed by atoms with Gasteiger partial charge in [-0.2, -0.15) is 0 Å². The molecule has 2 aliphatic rings. The molecular weight excluding hydrogens is 320 g/mol. The van der Waals surface area contributed by atoms with E-state index in [1.807, 2.05) is 0 Å². The van der Waals surface area contributed by atoms with E-state index >= 15 is 0 Å². The Morgan fingerprint density at radius 1 is 0.652 bits per heavy atom. The molecule has 136 valence electrons. The maximum atomic E-state index is 9.78. The van der Waals surface area contributed by atoms with Crippen LogP contribution in [0.25, 0.3) is 0 Å². The van der Waals surface area contributed by atoms with E-state index in [1.54, 1.807) is 0 Å². The van der Waals surface area contributed by atoms with E-state index in [4.69, 9.17) is 19.3 Å². The molecule has 0 aromatic rings. The van der Waals surface area contributed by atoms with Crippen LogP contribution < -0.4 is 0 Å². The van der Waals surface area contributed by atoms with Gasteiger partial charge in [-0.1, -0.05) is 0 Å². The third kappa shape index (κ3) is 3.81. The topological polar surface area (TPSA) is 190 Å². The Morgan fingerprint density at radius 2 is 1.22 bits per heavy atom. The van der Waals surface area contributed by atoms with Crippen molar-refractivity contribution in [3.8, 4) is 0 Å². The Bertz CT molecular complexity index is 380. The molecule has 23 heavy (non-hydrogen) atoms. The van der Waals surface area contributed by atoms with Gasteiger partial charge in [-0.3, -0.25) is 0 Å². The first-order valence-corrected chi connectivity index (χ1v) is 7.07. The van der Waals surface area contributed by atoms with Gasteiger partial charge in [0, 0.05) is 0 Å². The number of ether oxygens (including phenoxy) is 3. The Labute approximate surface area is 130 Å².